The molecule has 12 heavy (non-hydrogen) atoms. The first-order valence-corrected chi connectivity index (χ1v) is 4.74. The maximum Gasteiger partial charge on any atom is 0.125 e. The number of halogens is 1. The maximum absolute atomic E-state index is 13.8. The molecule has 0 radical (unpaired) electrons. The van der Waals surface area contributed by atoms with Crippen LogP contribution in [0.1, 0.15) is 19.8 Å². The van der Waals surface area contributed by atoms with E-state index in [1.54, 1.807) is 0 Å². The summed E-state index contributed by atoms with van der Waals surface area (Å²) in [6.07, 6.45) is 1.35. The zero-order valence-corrected chi connectivity index (χ0v) is 8.07. The monoisotopic (exact) mass is 174 g/mol. The van der Waals surface area contributed by atoms with Gasteiger partial charge in [-0.1, -0.05) is 6.92 Å². The molecule has 1 fully saturated rings. The highest BCUT2D eigenvalue weighted by molar-refractivity contribution is 4.87. The number of piperidine rings is 1. The number of rotatable bonds is 3. The predicted molar refractivity (Wildman–Crippen MR) is 49.1 cm³/mol. The van der Waals surface area contributed by atoms with Crippen LogP contribution in [0.25, 0.3) is 0 Å². The number of nitrogens with one attached hydrogen (secondary N) is 1. The van der Waals surface area contributed by atoms with Gasteiger partial charge in [0.05, 0.1) is 0 Å². The number of alkyl halides is 1. The molecule has 1 saturated heterocycles. The van der Waals surface area contributed by atoms with E-state index in [-0.39, 0.29) is 0 Å². The Bertz CT molecular complexity index is 125. The number of nitrogens with zero attached hydrogens (tertiary/aromatic N) is 1. The molecular weight excluding hydrogens is 155 g/mol. The largest absolute Gasteiger partial charge is 0.314 e. The van der Waals surface area contributed by atoms with Crippen molar-refractivity contribution in [3.63, 3.8) is 0 Å². The summed E-state index contributed by atoms with van der Waals surface area (Å²) in [5.41, 5.74) is -0.942. The second-order valence-corrected chi connectivity index (χ2v) is 3.73. The van der Waals surface area contributed by atoms with Crippen molar-refractivity contribution in [2.24, 2.45) is 0 Å². The lowest BCUT2D eigenvalue weighted by Crippen LogP contribution is -2.45. The van der Waals surface area contributed by atoms with Gasteiger partial charge in [-0.15, -0.1) is 0 Å². The minimum Gasteiger partial charge on any atom is -0.314 e. The first-order valence-electron chi connectivity index (χ1n) is 4.74. The zero-order valence-electron chi connectivity index (χ0n) is 8.07. The molecule has 1 rings (SSSR count). The van der Waals surface area contributed by atoms with Crippen molar-refractivity contribution in [1.82, 2.24) is 10.2 Å². The summed E-state index contributed by atoms with van der Waals surface area (Å²) in [7, 11) is 2.05. The molecule has 0 spiro atoms. The first kappa shape index (κ1) is 9.93. The fourth-order valence-corrected chi connectivity index (χ4v) is 1.55. The standard InChI is InChI=1S/C9H19FN2/c1-3-11-8-9(10)4-6-12(2)7-5-9/h11H,3-8H2,1-2H3. The van der Waals surface area contributed by atoms with Gasteiger partial charge in [-0.25, -0.2) is 4.39 Å². The topological polar surface area (TPSA) is 15.3 Å². The van der Waals surface area contributed by atoms with Crippen molar-refractivity contribution in [2.75, 3.05) is 33.2 Å². The molecule has 1 N–H and O–H groups in total. The van der Waals surface area contributed by atoms with Gasteiger partial charge in [0.15, 0.2) is 0 Å². The summed E-state index contributed by atoms with van der Waals surface area (Å²) in [6, 6.07) is 0. The van der Waals surface area contributed by atoms with Crippen LogP contribution in [0.4, 0.5) is 4.39 Å². The van der Waals surface area contributed by atoms with Gasteiger partial charge >= 0.3 is 0 Å². The summed E-state index contributed by atoms with van der Waals surface area (Å²) in [5.74, 6) is 0. The Labute approximate surface area is 74.1 Å². The molecule has 0 aromatic rings. The van der Waals surface area contributed by atoms with Gasteiger partial charge in [0.1, 0.15) is 5.67 Å². The Morgan fingerprint density at radius 3 is 2.50 bits per heavy atom. The van der Waals surface area contributed by atoms with Gasteiger partial charge in [-0.2, -0.15) is 0 Å². The predicted octanol–water partition coefficient (Wildman–Crippen LogP) is 1.03. The van der Waals surface area contributed by atoms with E-state index in [2.05, 4.69) is 10.2 Å². The molecule has 0 atom stereocenters. The lowest BCUT2D eigenvalue weighted by atomic mass is 9.93. The molecule has 0 saturated carbocycles. The van der Waals surface area contributed by atoms with Crippen LogP contribution in [0.3, 0.4) is 0 Å². The molecule has 1 heterocycles. The third-order valence-electron chi connectivity index (χ3n) is 2.57. The summed E-state index contributed by atoms with van der Waals surface area (Å²) >= 11 is 0. The highest BCUT2D eigenvalue weighted by atomic mass is 19.1. The van der Waals surface area contributed by atoms with Crippen LogP contribution >= 0.6 is 0 Å². The SMILES string of the molecule is CCNCC1(F)CCN(C)CC1. The Morgan fingerprint density at radius 1 is 1.42 bits per heavy atom. The quantitative estimate of drug-likeness (QED) is 0.687. The van der Waals surface area contributed by atoms with E-state index < -0.39 is 5.67 Å². The van der Waals surface area contributed by atoms with Crippen molar-refractivity contribution in [2.45, 2.75) is 25.4 Å². The molecule has 1 aliphatic heterocycles. The van der Waals surface area contributed by atoms with Gasteiger partial charge in [0, 0.05) is 19.6 Å². The molecule has 2 nitrogen and oxygen atoms in total. The van der Waals surface area contributed by atoms with Crippen LogP contribution in [-0.2, 0) is 0 Å². The summed E-state index contributed by atoms with van der Waals surface area (Å²) < 4.78 is 13.8. The molecule has 0 unspecified atom stereocenters. The van der Waals surface area contributed by atoms with Crippen LogP contribution in [-0.4, -0.2) is 43.8 Å². The average molecular weight is 174 g/mol. The summed E-state index contributed by atoms with van der Waals surface area (Å²) in [4.78, 5) is 2.18. The van der Waals surface area contributed by atoms with Crippen LogP contribution in [0.5, 0.6) is 0 Å². The maximum atomic E-state index is 13.8. The van der Waals surface area contributed by atoms with E-state index in [1.807, 2.05) is 14.0 Å². The van der Waals surface area contributed by atoms with Gasteiger partial charge in [-0.3, -0.25) is 0 Å². The lowest BCUT2D eigenvalue weighted by Gasteiger charge is -2.34. The Balaban J connectivity index is 2.29. The first-order chi connectivity index (χ1) is 5.66. The number of hydrogen-bond donors (Lipinski definition) is 1. The molecule has 0 amide bonds. The second-order valence-electron chi connectivity index (χ2n) is 3.73. The Hall–Kier alpha value is -0.150. The molecule has 72 valence electrons. The van der Waals surface area contributed by atoms with Gasteiger partial charge < -0.3 is 10.2 Å². The highest BCUT2D eigenvalue weighted by Gasteiger charge is 2.32. The number of likely N-dealkylation sites (tertiary alicyclic amines) is 1. The summed E-state index contributed by atoms with van der Waals surface area (Å²) in [6.45, 7) is 5.18. The molecule has 0 bridgehead atoms. The zero-order chi connectivity index (χ0) is 9.03. The van der Waals surface area contributed by atoms with E-state index in [0.29, 0.717) is 19.4 Å². The average Bonchev–Trinajstić information content (AvgIpc) is 2.08. The Morgan fingerprint density at radius 2 is 2.00 bits per heavy atom. The molecular formula is C9H19FN2. The normalized spacial score (nSPS) is 24.2. The van der Waals surface area contributed by atoms with Gasteiger partial charge in [0.25, 0.3) is 0 Å². The number of hydrogen-bond acceptors (Lipinski definition) is 2. The van der Waals surface area contributed by atoms with E-state index in [0.717, 1.165) is 19.6 Å². The van der Waals surface area contributed by atoms with Crippen molar-refractivity contribution < 1.29 is 4.39 Å². The molecule has 3 heteroatoms. The fraction of sp³-hybridized carbons (Fsp3) is 1.00. The smallest absolute Gasteiger partial charge is 0.125 e. The highest BCUT2D eigenvalue weighted by Crippen LogP contribution is 2.24. The van der Waals surface area contributed by atoms with Crippen molar-refractivity contribution in [3.8, 4) is 0 Å². The van der Waals surface area contributed by atoms with Crippen LogP contribution < -0.4 is 5.32 Å². The van der Waals surface area contributed by atoms with Gasteiger partial charge in [0.2, 0.25) is 0 Å². The minimum absolute atomic E-state index is 0.525. The van der Waals surface area contributed by atoms with E-state index in [9.17, 15) is 4.39 Å². The van der Waals surface area contributed by atoms with Crippen LogP contribution in [0.2, 0.25) is 0 Å². The van der Waals surface area contributed by atoms with Crippen molar-refractivity contribution in [3.05, 3.63) is 0 Å². The minimum atomic E-state index is -0.942. The van der Waals surface area contributed by atoms with Gasteiger partial charge in [-0.05, 0) is 26.4 Å². The molecule has 0 aromatic carbocycles. The third kappa shape index (κ3) is 2.72. The Kier molecular flexibility index (Phi) is 3.47. The third-order valence-corrected chi connectivity index (χ3v) is 2.57. The van der Waals surface area contributed by atoms with E-state index in [4.69, 9.17) is 0 Å². The van der Waals surface area contributed by atoms with Crippen molar-refractivity contribution in [1.29, 1.82) is 0 Å². The second kappa shape index (κ2) is 4.19. The lowest BCUT2D eigenvalue weighted by molar-refractivity contribution is 0.0696. The molecule has 1 aliphatic rings. The van der Waals surface area contributed by atoms with Crippen molar-refractivity contribution >= 4 is 0 Å². The van der Waals surface area contributed by atoms with E-state index in [1.165, 1.54) is 0 Å². The van der Waals surface area contributed by atoms with Crippen LogP contribution in [0.15, 0.2) is 0 Å². The molecule has 0 aliphatic carbocycles. The molecule has 0 aromatic heterocycles. The van der Waals surface area contributed by atoms with Crippen LogP contribution in [0, 0.1) is 0 Å². The van der Waals surface area contributed by atoms with E-state index >= 15 is 0 Å². The fourth-order valence-electron chi connectivity index (χ4n) is 1.55. The summed E-state index contributed by atoms with van der Waals surface area (Å²) in [5, 5.41) is 3.08.